The second-order valence-electron chi connectivity index (χ2n) is 7.62. The van der Waals surface area contributed by atoms with Crippen molar-refractivity contribution in [1.82, 2.24) is 9.88 Å². The lowest BCUT2D eigenvalue weighted by atomic mass is 9.84. The lowest BCUT2D eigenvalue weighted by molar-refractivity contribution is -0.202. The number of carbonyl (C=O) groups is 1. The molecule has 2 saturated heterocycles. The first-order valence-electron chi connectivity index (χ1n) is 9.08. The quantitative estimate of drug-likeness (QED) is 0.832. The lowest BCUT2D eigenvalue weighted by Gasteiger charge is -2.53. The summed E-state index contributed by atoms with van der Waals surface area (Å²) in [5, 5.41) is 0. The van der Waals surface area contributed by atoms with Crippen LogP contribution in [0.4, 0.5) is 0 Å². The van der Waals surface area contributed by atoms with Gasteiger partial charge < -0.3 is 14.4 Å². The molecule has 1 aromatic rings. The fourth-order valence-corrected chi connectivity index (χ4v) is 3.75. The van der Waals surface area contributed by atoms with E-state index in [0.29, 0.717) is 18.4 Å². The van der Waals surface area contributed by atoms with Gasteiger partial charge in [-0.25, -0.2) is 0 Å². The molecule has 5 heteroatoms. The van der Waals surface area contributed by atoms with Gasteiger partial charge in [0.25, 0.3) is 0 Å². The van der Waals surface area contributed by atoms with E-state index in [9.17, 15) is 4.79 Å². The summed E-state index contributed by atoms with van der Waals surface area (Å²) in [6.07, 6.45) is 5.18. The molecule has 1 atom stereocenters. The highest BCUT2D eigenvalue weighted by Gasteiger charge is 2.49. The number of pyridine rings is 1. The molecule has 3 aliphatic rings. The van der Waals surface area contributed by atoms with Crippen molar-refractivity contribution in [3.63, 3.8) is 0 Å². The normalized spacial score (nSPS) is 25.5. The van der Waals surface area contributed by atoms with E-state index >= 15 is 0 Å². The molecule has 0 aromatic carbocycles. The molecule has 0 N–H and O–H groups in total. The Hall–Kier alpha value is -1.46. The molecule has 24 heavy (non-hydrogen) atoms. The number of carbonyl (C=O) groups excluding carboxylic acids is 1. The van der Waals surface area contributed by atoms with Crippen LogP contribution in [-0.4, -0.2) is 47.2 Å². The molecule has 0 bridgehead atoms. The number of rotatable bonds is 5. The molecule has 5 nitrogen and oxygen atoms in total. The number of aryl methyl sites for hydroxylation is 1. The van der Waals surface area contributed by atoms with Crippen LogP contribution >= 0.6 is 0 Å². The summed E-state index contributed by atoms with van der Waals surface area (Å²) in [5.74, 6) is 0.956. The summed E-state index contributed by atoms with van der Waals surface area (Å²) < 4.78 is 12.1. The van der Waals surface area contributed by atoms with Crippen LogP contribution in [0.2, 0.25) is 0 Å². The van der Waals surface area contributed by atoms with Crippen molar-refractivity contribution in [2.24, 2.45) is 5.92 Å². The maximum absolute atomic E-state index is 12.2. The molecule has 2 aliphatic heterocycles. The van der Waals surface area contributed by atoms with Gasteiger partial charge in [-0.1, -0.05) is 6.07 Å². The van der Waals surface area contributed by atoms with E-state index in [1.807, 2.05) is 30.0 Å². The second kappa shape index (κ2) is 6.45. The fourth-order valence-electron chi connectivity index (χ4n) is 3.75. The SMILES string of the molecule is Cc1cccc(CO[C@H]2CCOC3(C2)CN(C(=O)CC2CC2)C3)n1. The van der Waals surface area contributed by atoms with Crippen LogP contribution < -0.4 is 0 Å². The molecular formula is C19H26N2O3. The molecule has 3 heterocycles. The van der Waals surface area contributed by atoms with E-state index in [1.165, 1.54) is 12.8 Å². The summed E-state index contributed by atoms with van der Waals surface area (Å²) in [4.78, 5) is 18.6. The first kappa shape index (κ1) is 16.0. The van der Waals surface area contributed by atoms with E-state index in [-0.39, 0.29) is 11.7 Å². The zero-order chi connectivity index (χ0) is 16.6. The van der Waals surface area contributed by atoms with Crippen molar-refractivity contribution in [2.45, 2.75) is 57.3 Å². The number of aromatic nitrogens is 1. The average molecular weight is 330 g/mol. The zero-order valence-electron chi connectivity index (χ0n) is 14.4. The van der Waals surface area contributed by atoms with E-state index in [0.717, 1.165) is 50.3 Å². The Morgan fingerprint density at radius 1 is 1.38 bits per heavy atom. The smallest absolute Gasteiger partial charge is 0.223 e. The Morgan fingerprint density at radius 2 is 2.21 bits per heavy atom. The predicted molar refractivity (Wildman–Crippen MR) is 89.4 cm³/mol. The number of nitrogens with zero attached hydrogens (tertiary/aromatic N) is 2. The minimum atomic E-state index is -0.165. The highest BCUT2D eigenvalue weighted by molar-refractivity contribution is 5.78. The van der Waals surface area contributed by atoms with Gasteiger partial charge in [0, 0.05) is 25.1 Å². The standard InChI is InChI=1S/C19H26N2O3/c1-14-3-2-4-16(20-14)11-23-17-7-8-24-19(10-17)12-21(13-19)18(22)9-15-5-6-15/h2-4,15,17H,5-13H2,1H3/t17-/m0/s1. The molecule has 130 valence electrons. The molecule has 1 spiro atoms. The zero-order valence-corrected chi connectivity index (χ0v) is 14.4. The molecule has 0 unspecified atom stereocenters. The Morgan fingerprint density at radius 3 is 2.96 bits per heavy atom. The molecule has 3 fully saturated rings. The van der Waals surface area contributed by atoms with Crippen molar-refractivity contribution >= 4 is 5.91 Å². The largest absolute Gasteiger partial charge is 0.372 e. The summed E-state index contributed by atoms with van der Waals surface area (Å²) >= 11 is 0. The Labute approximate surface area is 143 Å². The number of ether oxygens (including phenoxy) is 2. The maximum Gasteiger partial charge on any atom is 0.223 e. The maximum atomic E-state index is 12.2. The van der Waals surface area contributed by atoms with Gasteiger partial charge in [-0.05, 0) is 44.2 Å². The molecular weight excluding hydrogens is 304 g/mol. The van der Waals surface area contributed by atoms with Crippen molar-refractivity contribution in [3.05, 3.63) is 29.6 Å². The van der Waals surface area contributed by atoms with Gasteiger partial charge in [-0.15, -0.1) is 0 Å². The van der Waals surface area contributed by atoms with Crippen LogP contribution in [0.1, 0.15) is 43.5 Å². The first-order chi connectivity index (χ1) is 11.6. The van der Waals surface area contributed by atoms with E-state index in [4.69, 9.17) is 9.47 Å². The molecule has 4 rings (SSSR count). The summed E-state index contributed by atoms with van der Waals surface area (Å²) in [6.45, 7) is 4.74. The molecule has 1 amide bonds. The van der Waals surface area contributed by atoms with Crippen LogP contribution in [0.25, 0.3) is 0 Å². The van der Waals surface area contributed by atoms with Gasteiger partial charge in [0.1, 0.15) is 5.60 Å². The monoisotopic (exact) mass is 330 g/mol. The van der Waals surface area contributed by atoms with Crippen molar-refractivity contribution in [2.75, 3.05) is 19.7 Å². The molecule has 1 aromatic heterocycles. The van der Waals surface area contributed by atoms with Crippen LogP contribution in [0.5, 0.6) is 0 Å². The number of amides is 1. The summed E-state index contributed by atoms with van der Waals surface area (Å²) in [5.41, 5.74) is 1.83. The Balaban J connectivity index is 1.26. The van der Waals surface area contributed by atoms with E-state index < -0.39 is 0 Å². The Kier molecular flexibility index (Phi) is 4.31. The van der Waals surface area contributed by atoms with Crippen LogP contribution in [0.3, 0.4) is 0 Å². The molecule has 0 radical (unpaired) electrons. The van der Waals surface area contributed by atoms with Crippen molar-refractivity contribution in [1.29, 1.82) is 0 Å². The summed E-state index contributed by atoms with van der Waals surface area (Å²) in [7, 11) is 0. The van der Waals surface area contributed by atoms with Crippen LogP contribution in [0, 0.1) is 12.8 Å². The third kappa shape index (κ3) is 3.62. The number of likely N-dealkylation sites (tertiary alicyclic amines) is 1. The van der Waals surface area contributed by atoms with Crippen molar-refractivity contribution < 1.29 is 14.3 Å². The van der Waals surface area contributed by atoms with E-state index in [1.54, 1.807) is 0 Å². The van der Waals surface area contributed by atoms with Gasteiger partial charge in [-0.3, -0.25) is 9.78 Å². The third-order valence-corrected chi connectivity index (χ3v) is 5.33. The van der Waals surface area contributed by atoms with Crippen LogP contribution in [0.15, 0.2) is 18.2 Å². The van der Waals surface area contributed by atoms with Gasteiger partial charge in [0.2, 0.25) is 5.91 Å². The van der Waals surface area contributed by atoms with Gasteiger partial charge in [0.15, 0.2) is 0 Å². The molecule has 1 aliphatic carbocycles. The number of hydrogen-bond acceptors (Lipinski definition) is 4. The summed E-state index contributed by atoms with van der Waals surface area (Å²) in [6, 6.07) is 6.01. The lowest BCUT2D eigenvalue weighted by Crippen LogP contribution is -2.67. The third-order valence-electron chi connectivity index (χ3n) is 5.33. The number of hydrogen-bond donors (Lipinski definition) is 0. The highest BCUT2D eigenvalue weighted by atomic mass is 16.5. The fraction of sp³-hybridized carbons (Fsp3) is 0.684. The van der Waals surface area contributed by atoms with Gasteiger partial charge in [0.05, 0.1) is 31.5 Å². The Bertz CT molecular complexity index is 608. The van der Waals surface area contributed by atoms with E-state index in [2.05, 4.69) is 4.98 Å². The average Bonchev–Trinajstić information content (AvgIpc) is 3.35. The van der Waals surface area contributed by atoms with Gasteiger partial charge >= 0.3 is 0 Å². The minimum Gasteiger partial charge on any atom is -0.372 e. The highest BCUT2D eigenvalue weighted by Crippen LogP contribution is 2.38. The topological polar surface area (TPSA) is 51.7 Å². The minimum absolute atomic E-state index is 0.165. The van der Waals surface area contributed by atoms with Gasteiger partial charge in [-0.2, -0.15) is 0 Å². The first-order valence-corrected chi connectivity index (χ1v) is 9.08. The van der Waals surface area contributed by atoms with Crippen LogP contribution in [-0.2, 0) is 20.9 Å². The van der Waals surface area contributed by atoms with Crippen molar-refractivity contribution in [3.8, 4) is 0 Å². The predicted octanol–water partition coefficient (Wildman–Crippen LogP) is 2.47. The molecule has 1 saturated carbocycles. The second-order valence-corrected chi connectivity index (χ2v) is 7.62.